The second kappa shape index (κ2) is 7.58. The smallest absolute Gasteiger partial charge is 0.417 e. The zero-order chi connectivity index (χ0) is 19.6. The van der Waals surface area contributed by atoms with Crippen LogP contribution in [0.2, 0.25) is 10.2 Å². The van der Waals surface area contributed by atoms with Crippen molar-refractivity contribution < 1.29 is 27.2 Å². The summed E-state index contributed by atoms with van der Waals surface area (Å²) >= 11 is 11.6. The Bertz CT molecular complexity index is 990. The number of pyridine rings is 1. The fourth-order valence-electron chi connectivity index (χ4n) is 2.24. The molecule has 0 spiro atoms. The van der Waals surface area contributed by atoms with Crippen LogP contribution in [0.5, 0.6) is 0 Å². The Kier molecular flexibility index (Phi) is 5.38. The molecular weight excluding hydrogens is 408 g/mol. The van der Waals surface area contributed by atoms with Crippen molar-refractivity contribution in [3.05, 3.63) is 69.7 Å². The zero-order valence-corrected chi connectivity index (χ0v) is 14.8. The summed E-state index contributed by atoms with van der Waals surface area (Å²) < 4.78 is 49.3. The molecule has 0 amide bonds. The van der Waals surface area contributed by atoms with Gasteiger partial charge in [-0.3, -0.25) is 0 Å². The Morgan fingerprint density at radius 2 is 1.93 bits per heavy atom. The van der Waals surface area contributed by atoms with Crippen molar-refractivity contribution in [3.8, 4) is 11.3 Å². The SMILES string of the molecule is O=C(OCc1cc(-c2ccccc2C(F)(F)F)no1)c1cc(Cl)cnc1Cl. The number of nitrogens with zero attached hydrogens (tertiary/aromatic N) is 2. The molecule has 0 aliphatic heterocycles. The van der Waals surface area contributed by atoms with E-state index in [4.69, 9.17) is 32.5 Å². The molecule has 5 nitrogen and oxygen atoms in total. The second-order valence-electron chi connectivity index (χ2n) is 5.29. The van der Waals surface area contributed by atoms with Crippen LogP contribution >= 0.6 is 23.2 Å². The lowest BCUT2D eigenvalue weighted by atomic mass is 10.0. The number of hydrogen-bond acceptors (Lipinski definition) is 5. The Balaban J connectivity index is 1.76. The fraction of sp³-hybridized carbons (Fsp3) is 0.118. The number of benzene rings is 1. The molecule has 3 aromatic rings. The lowest BCUT2D eigenvalue weighted by Crippen LogP contribution is -2.07. The third-order valence-corrected chi connectivity index (χ3v) is 3.95. The van der Waals surface area contributed by atoms with Gasteiger partial charge < -0.3 is 9.26 Å². The van der Waals surface area contributed by atoms with Crippen molar-refractivity contribution in [1.82, 2.24) is 10.1 Å². The van der Waals surface area contributed by atoms with E-state index in [0.717, 1.165) is 6.07 Å². The van der Waals surface area contributed by atoms with E-state index in [-0.39, 0.29) is 39.4 Å². The van der Waals surface area contributed by atoms with Crippen LogP contribution in [0.3, 0.4) is 0 Å². The van der Waals surface area contributed by atoms with Crippen LogP contribution in [0, 0.1) is 0 Å². The molecule has 0 atom stereocenters. The number of aromatic nitrogens is 2. The summed E-state index contributed by atoms with van der Waals surface area (Å²) in [7, 11) is 0. The van der Waals surface area contributed by atoms with Gasteiger partial charge in [-0.2, -0.15) is 13.2 Å². The van der Waals surface area contributed by atoms with E-state index in [0.29, 0.717) is 0 Å². The lowest BCUT2D eigenvalue weighted by molar-refractivity contribution is -0.137. The molecule has 3 rings (SSSR count). The molecule has 27 heavy (non-hydrogen) atoms. The van der Waals surface area contributed by atoms with Gasteiger partial charge in [0.1, 0.15) is 10.8 Å². The van der Waals surface area contributed by atoms with Gasteiger partial charge in [0.25, 0.3) is 0 Å². The summed E-state index contributed by atoms with van der Waals surface area (Å²) in [4.78, 5) is 15.8. The first kappa shape index (κ1) is 19.2. The van der Waals surface area contributed by atoms with Gasteiger partial charge in [0, 0.05) is 17.8 Å². The summed E-state index contributed by atoms with van der Waals surface area (Å²) in [6.07, 6.45) is -3.28. The van der Waals surface area contributed by atoms with E-state index in [2.05, 4.69) is 10.1 Å². The molecular formula is C17H9Cl2F3N2O3. The number of carbonyl (C=O) groups excluding carboxylic acids is 1. The van der Waals surface area contributed by atoms with Crippen LogP contribution in [-0.4, -0.2) is 16.1 Å². The summed E-state index contributed by atoms with van der Waals surface area (Å²) in [6.45, 7) is -0.358. The van der Waals surface area contributed by atoms with E-state index < -0.39 is 17.7 Å². The maximum Gasteiger partial charge on any atom is 0.417 e. The molecule has 2 aromatic heterocycles. The predicted octanol–water partition coefficient (Wildman–Crippen LogP) is 5.42. The molecule has 0 aliphatic rings. The van der Waals surface area contributed by atoms with Crippen molar-refractivity contribution in [2.75, 3.05) is 0 Å². The van der Waals surface area contributed by atoms with Crippen LogP contribution in [0.1, 0.15) is 21.7 Å². The number of hydrogen-bond donors (Lipinski definition) is 0. The number of alkyl halides is 3. The maximum atomic E-state index is 13.1. The van der Waals surface area contributed by atoms with Crippen molar-refractivity contribution in [2.45, 2.75) is 12.8 Å². The van der Waals surface area contributed by atoms with E-state index in [1.165, 1.54) is 36.5 Å². The molecule has 0 saturated heterocycles. The highest BCUT2D eigenvalue weighted by Crippen LogP contribution is 2.36. The highest BCUT2D eigenvalue weighted by atomic mass is 35.5. The van der Waals surface area contributed by atoms with Crippen molar-refractivity contribution in [2.24, 2.45) is 0 Å². The highest BCUT2D eigenvalue weighted by molar-refractivity contribution is 6.34. The van der Waals surface area contributed by atoms with Crippen LogP contribution < -0.4 is 0 Å². The molecule has 2 heterocycles. The number of carbonyl (C=O) groups is 1. The Hall–Kier alpha value is -2.58. The topological polar surface area (TPSA) is 65.2 Å². The molecule has 0 N–H and O–H groups in total. The monoisotopic (exact) mass is 416 g/mol. The first-order chi connectivity index (χ1) is 12.8. The first-order valence-electron chi connectivity index (χ1n) is 7.36. The Labute approximate surface area is 160 Å². The molecule has 1 aromatic carbocycles. The second-order valence-corrected chi connectivity index (χ2v) is 6.08. The summed E-state index contributed by atoms with van der Waals surface area (Å²) in [5.74, 6) is -0.759. The van der Waals surface area contributed by atoms with Crippen molar-refractivity contribution >= 4 is 29.2 Å². The number of halogens is 5. The maximum absolute atomic E-state index is 13.1. The zero-order valence-electron chi connectivity index (χ0n) is 13.3. The average Bonchev–Trinajstić information content (AvgIpc) is 3.10. The van der Waals surface area contributed by atoms with Crippen LogP contribution in [0.4, 0.5) is 13.2 Å². The molecule has 10 heteroatoms. The van der Waals surface area contributed by atoms with Gasteiger partial charge in [-0.05, 0) is 12.1 Å². The van der Waals surface area contributed by atoms with Gasteiger partial charge in [-0.15, -0.1) is 0 Å². The minimum atomic E-state index is -4.54. The van der Waals surface area contributed by atoms with Crippen LogP contribution in [0.15, 0.2) is 47.1 Å². The molecule has 140 valence electrons. The van der Waals surface area contributed by atoms with Gasteiger partial charge in [0.2, 0.25) is 0 Å². The normalized spacial score (nSPS) is 11.4. The van der Waals surface area contributed by atoms with E-state index in [9.17, 15) is 18.0 Å². The standard InChI is InChI=1S/C17H9Cl2F3N2O3/c18-9-5-12(15(19)23-7-9)16(25)26-8-10-6-14(24-27-10)11-3-1-2-4-13(11)17(20,21)22/h1-7H,8H2. The molecule has 0 fully saturated rings. The summed E-state index contributed by atoms with van der Waals surface area (Å²) in [6, 6.07) is 7.48. The van der Waals surface area contributed by atoms with Gasteiger partial charge >= 0.3 is 12.1 Å². The average molecular weight is 417 g/mol. The van der Waals surface area contributed by atoms with E-state index >= 15 is 0 Å². The molecule has 0 aliphatic carbocycles. The van der Waals surface area contributed by atoms with Gasteiger partial charge in [0.05, 0.1) is 16.1 Å². The largest absolute Gasteiger partial charge is 0.454 e. The minimum absolute atomic E-state index is 0.0311. The van der Waals surface area contributed by atoms with Crippen LogP contribution in [0.25, 0.3) is 11.3 Å². The number of rotatable bonds is 4. The highest BCUT2D eigenvalue weighted by Gasteiger charge is 2.34. The molecule has 0 radical (unpaired) electrons. The van der Waals surface area contributed by atoms with E-state index in [1.54, 1.807) is 0 Å². The van der Waals surface area contributed by atoms with E-state index in [1.807, 2.05) is 0 Å². The molecule has 0 saturated carbocycles. The lowest BCUT2D eigenvalue weighted by Gasteiger charge is -2.10. The van der Waals surface area contributed by atoms with Crippen molar-refractivity contribution in [1.29, 1.82) is 0 Å². The molecule has 0 unspecified atom stereocenters. The van der Waals surface area contributed by atoms with Gasteiger partial charge in [-0.25, -0.2) is 9.78 Å². The summed E-state index contributed by atoms with van der Waals surface area (Å²) in [5.41, 5.74) is -1.07. The third kappa shape index (κ3) is 4.40. The summed E-state index contributed by atoms with van der Waals surface area (Å²) in [5, 5.41) is 3.71. The molecule has 0 bridgehead atoms. The Morgan fingerprint density at radius 3 is 2.67 bits per heavy atom. The predicted molar refractivity (Wildman–Crippen MR) is 90.3 cm³/mol. The van der Waals surface area contributed by atoms with Crippen molar-refractivity contribution in [3.63, 3.8) is 0 Å². The first-order valence-corrected chi connectivity index (χ1v) is 8.11. The third-order valence-electron chi connectivity index (χ3n) is 3.44. The fourth-order valence-corrected chi connectivity index (χ4v) is 2.58. The number of ether oxygens (including phenoxy) is 1. The van der Waals surface area contributed by atoms with Crippen LogP contribution in [-0.2, 0) is 17.5 Å². The van der Waals surface area contributed by atoms with Gasteiger partial charge in [-0.1, -0.05) is 46.6 Å². The number of esters is 1. The minimum Gasteiger partial charge on any atom is -0.454 e. The quantitative estimate of drug-likeness (QED) is 0.419. The van der Waals surface area contributed by atoms with Gasteiger partial charge in [0.15, 0.2) is 12.4 Å². The Morgan fingerprint density at radius 1 is 1.19 bits per heavy atom.